The molecule has 0 aliphatic rings. The Hall–Kier alpha value is -0.560. The lowest BCUT2D eigenvalue weighted by molar-refractivity contribution is 1.42. The lowest BCUT2D eigenvalue weighted by Gasteiger charge is -2.03. The number of hydrogen-bond donors (Lipinski definition) is 0. The van der Waals surface area contributed by atoms with Gasteiger partial charge in [-0.15, -0.1) is 0 Å². The molecule has 1 rings (SSSR count). The van der Waals surface area contributed by atoms with Crippen molar-refractivity contribution in [1.82, 2.24) is 0 Å². The minimum Gasteiger partial charge on any atom is -0.0955 e. The maximum atomic E-state index is 3.90. The highest BCUT2D eigenvalue weighted by Gasteiger charge is 1.98. The molecule has 0 aliphatic carbocycles. The number of aryl methyl sites for hydroxylation is 1. The number of hydrogen-bond acceptors (Lipinski definition) is 0. The topological polar surface area (TPSA) is 0 Å². The van der Waals surface area contributed by atoms with E-state index in [1.165, 1.54) is 11.1 Å². The zero-order valence-electron chi connectivity index (χ0n) is 6.82. The number of rotatable bonds is 1. The van der Waals surface area contributed by atoms with Gasteiger partial charge in [-0.1, -0.05) is 40.2 Å². The van der Waals surface area contributed by atoms with Gasteiger partial charge in [0.25, 0.3) is 0 Å². The molecule has 0 heterocycles. The molecule has 0 aliphatic heterocycles. The summed E-state index contributed by atoms with van der Waals surface area (Å²) in [6.07, 6.45) is 0. The molecular weight excluding hydrogens is 200 g/mol. The zero-order valence-corrected chi connectivity index (χ0v) is 8.40. The summed E-state index contributed by atoms with van der Waals surface area (Å²) >= 11 is 3.47. The third kappa shape index (κ3) is 1.93. The molecular formula is C10H11Br. The second-order valence-corrected chi connectivity index (χ2v) is 3.62. The normalized spacial score (nSPS) is 9.73. The summed E-state index contributed by atoms with van der Waals surface area (Å²) in [4.78, 5) is 0. The van der Waals surface area contributed by atoms with Gasteiger partial charge in [-0.3, -0.25) is 0 Å². The fourth-order valence-electron chi connectivity index (χ4n) is 0.966. The van der Waals surface area contributed by atoms with E-state index in [9.17, 15) is 0 Å². The van der Waals surface area contributed by atoms with Gasteiger partial charge in [0.2, 0.25) is 0 Å². The first-order chi connectivity index (χ1) is 5.11. The SMILES string of the molecule is C=C(C)c1cc(C)ccc1Br. The number of halogens is 1. The highest BCUT2D eigenvalue weighted by Crippen LogP contribution is 2.23. The predicted octanol–water partition coefficient (Wildman–Crippen LogP) is 3.79. The van der Waals surface area contributed by atoms with E-state index in [0.717, 1.165) is 10.0 Å². The lowest BCUT2D eigenvalue weighted by Crippen LogP contribution is -1.81. The van der Waals surface area contributed by atoms with Crippen LogP contribution < -0.4 is 0 Å². The molecule has 1 aromatic carbocycles. The Morgan fingerprint density at radius 2 is 2.09 bits per heavy atom. The molecule has 1 aromatic rings. The fourth-order valence-corrected chi connectivity index (χ4v) is 1.55. The van der Waals surface area contributed by atoms with Crippen molar-refractivity contribution in [2.45, 2.75) is 13.8 Å². The summed E-state index contributed by atoms with van der Waals surface area (Å²) in [6.45, 7) is 7.99. The minimum absolute atomic E-state index is 1.10. The average Bonchev–Trinajstić information content (AvgIpc) is 1.94. The van der Waals surface area contributed by atoms with E-state index in [0.29, 0.717) is 0 Å². The molecule has 0 spiro atoms. The van der Waals surface area contributed by atoms with Gasteiger partial charge in [0.1, 0.15) is 0 Å². The molecule has 11 heavy (non-hydrogen) atoms. The van der Waals surface area contributed by atoms with E-state index in [1.807, 2.05) is 6.92 Å². The quantitative estimate of drug-likeness (QED) is 0.662. The van der Waals surface area contributed by atoms with E-state index in [2.05, 4.69) is 47.6 Å². The first-order valence-electron chi connectivity index (χ1n) is 3.53. The Morgan fingerprint density at radius 1 is 1.45 bits per heavy atom. The molecule has 0 fully saturated rings. The van der Waals surface area contributed by atoms with E-state index in [4.69, 9.17) is 0 Å². The molecule has 0 saturated heterocycles. The van der Waals surface area contributed by atoms with E-state index in [1.54, 1.807) is 0 Å². The minimum atomic E-state index is 1.10. The summed E-state index contributed by atoms with van der Waals surface area (Å²) in [5.41, 5.74) is 3.57. The molecule has 1 heteroatoms. The second kappa shape index (κ2) is 3.22. The molecule has 0 aromatic heterocycles. The van der Waals surface area contributed by atoms with Crippen molar-refractivity contribution in [1.29, 1.82) is 0 Å². The van der Waals surface area contributed by atoms with Crippen molar-refractivity contribution in [3.63, 3.8) is 0 Å². The second-order valence-electron chi connectivity index (χ2n) is 2.76. The van der Waals surface area contributed by atoms with Crippen molar-refractivity contribution in [2.75, 3.05) is 0 Å². The van der Waals surface area contributed by atoms with Gasteiger partial charge in [-0.2, -0.15) is 0 Å². The molecule has 0 bridgehead atoms. The standard InChI is InChI=1S/C10H11Br/c1-7(2)9-6-8(3)4-5-10(9)11/h4-6H,1H2,2-3H3. The van der Waals surface area contributed by atoms with Crippen LogP contribution in [0.1, 0.15) is 18.1 Å². The first kappa shape index (κ1) is 8.54. The maximum absolute atomic E-state index is 3.90. The van der Waals surface area contributed by atoms with Gasteiger partial charge >= 0.3 is 0 Å². The van der Waals surface area contributed by atoms with Crippen LogP contribution >= 0.6 is 15.9 Å². The van der Waals surface area contributed by atoms with Gasteiger partial charge in [0.05, 0.1) is 0 Å². The summed E-state index contributed by atoms with van der Waals surface area (Å²) < 4.78 is 1.12. The Bertz CT molecular complexity index is 287. The highest BCUT2D eigenvalue weighted by atomic mass is 79.9. The number of benzene rings is 1. The largest absolute Gasteiger partial charge is 0.0955 e. The van der Waals surface area contributed by atoms with Crippen LogP contribution in [0, 0.1) is 6.92 Å². The molecule has 0 radical (unpaired) electrons. The van der Waals surface area contributed by atoms with Crippen LogP contribution in [-0.4, -0.2) is 0 Å². The highest BCUT2D eigenvalue weighted by molar-refractivity contribution is 9.10. The third-order valence-corrected chi connectivity index (χ3v) is 2.27. The number of allylic oxidation sites excluding steroid dienone is 1. The van der Waals surface area contributed by atoms with E-state index >= 15 is 0 Å². The zero-order chi connectivity index (χ0) is 8.43. The Balaban J connectivity index is 3.23. The Kier molecular flexibility index (Phi) is 2.50. The smallest absolute Gasteiger partial charge is 0.0250 e. The monoisotopic (exact) mass is 210 g/mol. The van der Waals surface area contributed by atoms with Crippen LogP contribution in [0.3, 0.4) is 0 Å². The van der Waals surface area contributed by atoms with E-state index in [-0.39, 0.29) is 0 Å². The Morgan fingerprint density at radius 3 is 2.55 bits per heavy atom. The summed E-state index contributed by atoms with van der Waals surface area (Å²) in [5, 5.41) is 0. The summed E-state index contributed by atoms with van der Waals surface area (Å²) in [5.74, 6) is 0. The average molecular weight is 211 g/mol. The first-order valence-corrected chi connectivity index (χ1v) is 4.32. The molecule has 0 unspecified atom stereocenters. The van der Waals surface area contributed by atoms with Crippen molar-refractivity contribution < 1.29 is 0 Å². The predicted molar refractivity (Wildman–Crippen MR) is 53.6 cm³/mol. The van der Waals surface area contributed by atoms with Gasteiger partial charge < -0.3 is 0 Å². The molecule has 0 atom stereocenters. The maximum Gasteiger partial charge on any atom is 0.0250 e. The molecule has 0 amide bonds. The van der Waals surface area contributed by atoms with Crippen molar-refractivity contribution in [3.05, 3.63) is 40.4 Å². The fraction of sp³-hybridized carbons (Fsp3) is 0.200. The van der Waals surface area contributed by atoms with Gasteiger partial charge in [-0.25, -0.2) is 0 Å². The van der Waals surface area contributed by atoms with Crippen LogP contribution in [0.4, 0.5) is 0 Å². The molecule has 0 nitrogen and oxygen atoms in total. The van der Waals surface area contributed by atoms with Crippen LogP contribution in [0.5, 0.6) is 0 Å². The van der Waals surface area contributed by atoms with Crippen LogP contribution in [0.15, 0.2) is 29.3 Å². The van der Waals surface area contributed by atoms with E-state index < -0.39 is 0 Å². The van der Waals surface area contributed by atoms with Crippen LogP contribution in [-0.2, 0) is 0 Å². The van der Waals surface area contributed by atoms with Gasteiger partial charge in [0, 0.05) is 4.47 Å². The van der Waals surface area contributed by atoms with Crippen LogP contribution in [0.2, 0.25) is 0 Å². The molecule has 58 valence electrons. The van der Waals surface area contributed by atoms with Gasteiger partial charge in [-0.05, 0) is 31.1 Å². The third-order valence-electron chi connectivity index (χ3n) is 1.58. The van der Waals surface area contributed by atoms with Crippen molar-refractivity contribution in [2.24, 2.45) is 0 Å². The molecule has 0 saturated carbocycles. The summed E-state index contributed by atoms with van der Waals surface area (Å²) in [6, 6.07) is 6.27. The Labute approximate surface area is 76.1 Å². The van der Waals surface area contributed by atoms with Crippen LogP contribution in [0.25, 0.3) is 5.57 Å². The van der Waals surface area contributed by atoms with Gasteiger partial charge in [0.15, 0.2) is 0 Å². The summed E-state index contributed by atoms with van der Waals surface area (Å²) in [7, 11) is 0. The molecule has 0 N–H and O–H groups in total. The van der Waals surface area contributed by atoms with Crippen molar-refractivity contribution in [3.8, 4) is 0 Å². The van der Waals surface area contributed by atoms with Crippen molar-refractivity contribution >= 4 is 21.5 Å². The lowest BCUT2D eigenvalue weighted by atomic mass is 10.1.